The molecule has 0 aromatic rings. The van der Waals surface area contributed by atoms with Gasteiger partial charge < -0.3 is 26.2 Å². The molecule has 0 radical (unpaired) electrons. The van der Waals surface area contributed by atoms with Crippen LogP contribution in [0.1, 0.15) is 6.42 Å². The Morgan fingerprint density at radius 3 is 2.27 bits per heavy atom. The van der Waals surface area contributed by atoms with Crippen LogP contribution in [0.3, 0.4) is 0 Å². The summed E-state index contributed by atoms with van der Waals surface area (Å²) in [6.45, 7) is -0.730. The Morgan fingerprint density at radius 2 is 1.87 bits per heavy atom. The molecule has 0 unspecified atom stereocenters. The average Bonchev–Trinajstić information content (AvgIpc) is 2.25. The van der Waals surface area contributed by atoms with Gasteiger partial charge in [0.1, 0.15) is 18.3 Å². The summed E-state index contributed by atoms with van der Waals surface area (Å²) >= 11 is 4.44. The highest BCUT2D eigenvalue weighted by Gasteiger charge is 2.32. The van der Waals surface area contributed by atoms with Crippen LogP contribution in [-0.4, -0.2) is 62.5 Å². The molecule has 0 amide bonds. The summed E-state index contributed by atoms with van der Waals surface area (Å²) in [6.07, 6.45) is -4.94. The second-order valence-electron chi connectivity index (χ2n) is 3.09. The predicted molar refractivity (Wildman–Crippen MR) is 56.4 cm³/mol. The molecule has 0 rings (SSSR count). The molecule has 0 saturated heterocycles. The molecule has 6 N–H and O–H groups in total. The van der Waals surface area contributed by atoms with Gasteiger partial charge in [-0.2, -0.15) is 0 Å². The maximum absolute atomic E-state index is 11.2. The minimum absolute atomic E-state index is 0.102. The van der Waals surface area contributed by atoms with Gasteiger partial charge in [0, 0.05) is 6.42 Å². The lowest BCUT2D eigenvalue weighted by Gasteiger charge is -2.25. The van der Waals surface area contributed by atoms with E-state index in [1.54, 1.807) is 0 Å². The Bertz CT molecular complexity index is 225. The first-order valence-corrected chi connectivity index (χ1v) is 4.79. The first-order valence-electron chi connectivity index (χ1n) is 4.32. The lowest BCUT2D eigenvalue weighted by molar-refractivity contribution is -0.128. The van der Waals surface area contributed by atoms with Gasteiger partial charge in [-0.3, -0.25) is 4.79 Å². The highest BCUT2D eigenvalue weighted by Crippen LogP contribution is 2.05. The number of ketones is 1. The van der Waals surface area contributed by atoms with Crippen LogP contribution < -0.4 is 5.73 Å². The zero-order valence-electron chi connectivity index (χ0n) is 7.98. The van der Waals surface area contributed by atoms with Crippen LogP contribution in [0.15, 0.2) is 0 Å². The van der Waals surface area contributed by atoms with Crippen LogP contribution in [0.25, 0.3) is 0 Å². The monoisotopic (exact) mass is 237 g/mol. The maximum atomic E-state index is 11.2. The van der Waals surface area contributed by atoms with Crippen molar-refractivity contribution >= 4 is 23.4 Å². The van der Waals surface area contributed by atoms with E-state index in [4.69, 9.17) is 15.9 Å². The maximum Gasteiger partial charge on any atom is 0.156 e. The van der Waals surface area contributed by atoms with Crippen LogP contribution in [0.2, 0.25) is 0 Å². The highest BCUT2D eigenvalue weighted by molar-refractivity contribution is 7.79. The molecule has 0 aromatic heterocycles. The molecule has 0 saturated carbocycles. The number of rotatable bonds is 7. The van der Waals surface area contributed by atoms with Gasteiger partial charge in [-0.25, -0.2) is 0 Å². The Morgan fingerprint density at radius 1 is 1.33 bits per heavy atom. The van der Waals surface area contributed by atoms with E-state index in [-0.39, 0.29) is 6.42 Å². The molecule has 0 spiro atoms. The van der Waals surface area contributed by atoms with Gasteiger partial charge >= 0.3 is 0 Å². The fourth-order valence-electron chi connectivity index (χ4n) is 0.957. The van der Waals surface area contributed by atoms with Gasteiger partial charge in [0.25, 0.3) is 0 Å². The van der Waals surface area contributed by atoms with Crippen LogP contribution in [0.4, 0.5) is 0 Å². The number of hydrogen-bond donors (Lipinski definition) is 5. The number of nitrogens with two attached hydrogens (primary N) is 1. The molecule has 7 heteroatoms. The van der Waals surface area contributed by atoms with Gasteiger partial charge in [0.05, 0.1) is 12.6 Å². The number of carbonyl (C=O) groups is 1. The van der Waals surface area contributed by atoms with Crippen LogP contribution in [0, 0.1) is 0 Å². The number of aliphatic hydroxyl groups excluding tert-OH is 4. The standard InChI is InChI=1S/C8H15NO5S/c9-6(4(11)1-2-15)8(14)7(13)5(12)3-10/h2,5-8,10,12-14H,1,3,9H2/t5-,6+,7-,8-/m1/s1. The first kappa shape index (κ1) is 14.6. The van der Waals surface area contributed by atoms with Gasteiger partial charge in [-0.15, -0.1) is 0 Å². The third-order valence-electron chi connectivity index (χ3n) is 1.96. The zero-order chi connectivity index (χ0) is 12.0. The fraction of sp³-hybridized carbons (Fsp3) is 0.750. The molecule has 88 valence electrons. The molecule has 0 fully saturated rings. The van der Waals surface area contributed by atoms with E-state index in [1.807, 2.05) is 0 Å². The highest BCUT2D eigenvalue weighted by atomic mass is 32.1. The summed E-state index contributed by atoms with van der Waals surface area (Å²) in [6, 6.07) is -1.33. The molecule has 6 nitrogen and oxygen atoms in total. The van der Waals surface area contributed by atoms with Gasteiger partial charge in [0.2, 0.25) is 0 Å². The number of aliphatic hydroxyl groups is 4. The normalized spacial score (nSPS) is 19.0. The van der Waals surface area contributed by atoms with Crippen LogP contribution >= 0.6 is 12.2 Å². The third kappa shape index (κ3) is 4.29. The SMILES string of the molecule is N[C@@H](C(=O)CC=S)[C@@H](O)[C@H](O)[C@H](O)CO. The van der Waals surface area contributed by atoms with E-state index in [0.717, 1.165) is 5.37 Å². The molecule has 0 aliphatic carbocycles. The Hall–Kier alpha value is -0.440. The van der Waals surface area contributed by atoms with E-state index in [2.05, 4.69) is 12.2 Å². The largest absolute Gasteiger partial charge is 0.394 e. The molecule has 0 bridgehead atoms. The number of hydrogen-bond acceptors (Lipinski definition) is 7. The number of Topliss-reactive ketones (excluding diaryl/α,β-unsaturated/α-hetero) is 1. The molecule has 0 aliphatic rings. The molecule has 0 aromatic carbocycles. The van der Waals surface area contributed by atoms with Gasteiger partial charge in [-0.1, -0.05) is 12.2 Å². The van der Waals surface area contributed by atoms with Crippen molar-refractivity contribution in [1.82, 2.24) is 0 Å². The molecule has 15 heavy (non-hydrogen) atoms. The van der Waals surface area contributed by atoms with Crippen molar-refractivity contribution in [3.63, 3.8) is 0 Å². The van der Waals surface area contributed by atoms with E-state index in [0.29, 0.717) is 0 Å². The zero-order valence-corrected chi connectivity index (χ0v) is 8.80. The summed E-state index contributed by atoms with van der Waals surface area (Å²) < 4.78 is 0. The van der Waals surface area contributed by atoms with Gasteiger partial charge in [0.15, 0.2) is 5.78 Å². The van der Waals surface area contributed by atoms with Crippen molar-refractivity contribution < 1.29 is 25.2 Å². The van der Waals surface area contributed by atoms with Crippen molar-refractivity contribution in [3.05, 3.63) is 0 Å². The Balaban J connectivity index is 4.35. The fourth-order valence-corrected chi connectivity index (χ4v) is 1.12. The smallest absolute Gasteiger partial charge is 0.156 e. The molecule has 0 aliphatic heterocycles. The minimum atomic E-state index is -1.67. The third-order valence-corrected chi connectivity index (χ3v) is 2.12. The lowest BCUT2D eigenvalue weighted by atomic mass is 9.98. The topological polar surface area (TPSA) is 124 Å². The van der Waals surface area contributed by atoms with E-state index in [1.165, 1.54) is 0 Å². The number of carbonyl (C=O) groups excluding carboxylic acids is 1. The number of thiocarbonyl (C=S) groups is 1. The average molecular weight is 237 g/mol. The van der Waals surface area contributed by atoms with Crippen LogP contribution in [0.5, 0.6) is 0 Å². The molecular weight excluding hydrogens is 222 g/mol. The molecular formula is C8H15NO5S. The van der Waals surface area contributed by atoms with Crippen molar-refractivity contribution in [2.45, 2.75) is 30.8 Å². The van der Waals surface area contributed by atoms with Crippen molar-refractivity contribution in [2.75, 3.05) is 6.61 Å². The molecule has 0 heterocycles. The Labute approximate surface area is 92.3 Å². The summed E-state index contributed by atoms with van der Waals surface area (Å²) in [5.41, 5.74) is 5.32. The first-order chi connectivity index (χ1) is 6.95. The van der Waals surface area contributed by atoms with Crippen molar-refractivity contribution in [1.29, 1.82) is 0 Å². The summed E-state index contributed by atoms with van der Waals surface area (Å²) in [5, 5.41) is 37.3. The van der Waals surface area contributed by atoms with E-state index in [9.17, 15) is 15.0 Å². The van der Waals surface area contributed by atoms with Crippen LogP contribution in [-0.2, 0) is 4.79 Å². The second kappa shape index (κ2) is 6.94. The van der Waals surface area contributed by atoms with Gasteiger partial charge in [-0.05, 0) is 5.37 Å². The summed E-state index contributed by atoms with van der Waals surface area (Å²) in [5.74, 6) is -0.540. The minimum Gasteiger partial charge on any atom is -0.394 e. The van der Waals surface area contributed by atoms with Crippen molar-refractivity contribution in [3.8, 4) is 0 Å². The quantitative estimate of drug-likeness (QED) is 0.306. The van der Waals surface area contributed by atoms with E-state index >= 15 is 0 Å². The van der Waals surface area contributed by atoms with Crippen molar-refractivity contribution in [2.24, 2.45) is 5.73 Å². The summed E-state index contributed by atoms with van der Waals surface area (Å²) in [7, 11) is 0. The lowest BCUT2D eigenvalue weighted by Crippen LogP contribution is -2.52. The molecule has 4 atom stereocenters. The summed E-state index contributed by atoms with van der Waals surface area (Å²) in [4.78, 5) is 11.2. The van der Waals surface area contributed by atoms with E-state index < -0.39 is 36.7 Å². The Kier molecular flexibility index (Phi) is 6.73. The predicted octanol–water partition coefficient (Wildman–Crippen LogP) is -2.65. The second-order valence-corrected chi connectivity index (χ2v) is 3.43.